The van der Waals surface area contributed by atoms with Crippen LogP contribution in [-0.2, 0) is 0 Å². The molecule has 0 nitrogen and oxygen atoms in total. The highest BCUT2D eigenvalue weighted by atomic mass is 32.2. The molecule has 0 radical (unpaired) electrons. The van der Waals surface area contributed by atoms with E-state index in [1.807, 2.05) is 23.5 Å². The van der Waals surface area contributed by atoms with Gasteiger partial charge in [0.2, 0.25) is 0 Å². The molecule has 0 amide bonds. The minimum absolute atomic E-state index is 0.733. The van der Waals surface area contributed by atoms with Crippen molar-refractivity contribution >= 4 is 47.0 Å². The van der Waals surface area contributed by atoms with Gasteiger partial charge in [-0.25, -0.2) is 0 Å². The fourth-order valence-corrected chi connectivity index (χ4v) is 7.18. The molecule has 3 heterocycles. The van der Waals surface area contributed by atoms with Crippen LogP contribution in [0.4, 0.5) is 0 Å². The van der Waals surface area contributed by atoms with Crippen LogP contribution >= 0.6 is 47.0 Å². The summed E-state index contributed by atoms with van der Waals surface area (Å²) < 4.78 is 0. The van der Waals surface area contributed by atoms with Gasteiger partial charge < -0.3 is 0 Å². The van der Waals surface area contributed by atoms with E-state index in [9.17, 15) is 0 Å². The van der Waals surface area contributed by atoms with E-state index in [4.69, 9.17) is 0 Å². The first kappa shape index (κ1) is 11.7. The summed E-state index contributed by atoms with van der Waals surface area (Å²) in [6.45, 7) is 4.67. The van der Waals surface area contributed by atoms with Gasteiger partial charge in [0.15, 0.2) is 0 Å². The smallest absolute Gasteiger partial charge is 0.0359 e. The van der Waals surface area contributed by atoms with Gasteiger partial charge in [0.25, 0.3) is 0 Å². The van der Waals surface area contributed by atoms with E-state index in [1.54, 1.807) is 9.79 Å². The number of thioether (sulfide) groups is 4. The molecule has 4 rings (SSSR count). The van der Waals surface area contributed by atoms with Gasteiger partial charge in [-0.05, 0) is 12.1 Å². The van der Waals surface area contributed by atoms with Crippen molar-refractivity contribution in [3.8, 4) is 0 Å². The van der Waals surface area contributed by atoms with Crippen molar-refractivity contribution in [2.75, 3.05) is 11.5 Å². The zero-order valence-electron chi connectivity index (χ0n) is 9.36. The molecular weight excluding hydrogens is 272 g/mol. The van der Waals surface area contributed by atoms with E-state index >= 15 is 0 Å². The molecule has 0 fully saturated rings. The lowest BCUT2D eigenvalue weighted by atomic mass is 10.3. The Balaban J connectivity index is 2.10. The average Bonchev–Trinajstić information content (AvgIpc) is 2.24. The maximum Gasteiger partial charge on any atom is 0.0359 e. The molecule has 3 aliphatic heterocycles. The number of benzene rings is 1. The van der Waals surface area contributed by atoms with Crippen molar-refractivity contribution in [2.45, 2.75) is 43.9 Å². The lowest BCUT2D eigenvalue weighted by Crippen LogP contribution is -2.10. The number of hydrogen-bond acceptors (Lipinski definition) is 4. The van der Waals surface area contributed by atoms with Crippen molar-refractivity contribution in [1.82, 2.24) is 0 Å². The van der Waals surface area contributed by atoms with Crippen LogP contribution in [0.25, 0.3) is 0 Å². The first-order valence-corrected chi connectivity index (χ1v) is 9.23. The molecular formula is C12H14S4. The molecule has 16 heavy (non-hydrogen) atoms. The van der Waals surface area contributed by atoms with Crippen LogP contribution in [0.1, 0.15) is 13.8 Å². The Bertz CT molecular complexity index is 416. The van der Waals surface area contributed by atoms with Gasteiger partial charge in [-0.1, -0.05) is 13.8 Å². The molecule has 1 aromatic rings. The second kappa shape index (κ2) is 4.71. The van der Waals surface area contributed by atoms with Gasteiger partial charge >= 0.3 is 0 Å². The molecule has 4 heteroatoms. The summed E-state index contributed by atoms with van der Waals surface area (Å²) in [7, 11) is 0. The van der Waals surface area contributed by atoms with E-state index in [0.717, 1.165) is 10.5 Å². The summed E-state index contributed by atoms with van der Waals surface area (Å²) in [5.74, 6) is 2.50. The third-order valence-corrected chi connectivity index (χ3v) is 8.52. The van der Waals surface area contributed by atoms with Gasteiger partial charge in [-0.15, -0.1) is 47.0 Å². The number of fused-ring (bicyclic) bond motifs is 4. The normalized spacial score (nSPS) is 28.4. The summed E-state index contributed by atoms with van der Waals surface area (Å²) >= 11 is 8.21. The van der Waals surface area contributed by atoms with Crippen molar-refractivity contribution in [3.63, 3.8) is 0 Å². The molecule has 86 valence electrons. The maximum atomic E-state index is 2.34. The van der Waals surface area contributed by atoms with E-state index < -0.39 is 0 Å². The fraction of sp³-hybridized carbons (Fsp3) is 0.500. The molecule has 0 spiro atoms. The third kappa shape index (κ3) is 2.14. The molecule has 1 aromatic carbocycles. The van der Waals surface area contributed by atoms with Gasteiger partial charge in [0.1, 0.15) is 0 Å². The number of hydrogen-bond donors (Lipinski definition) is 0. The van der Waals surface area contributed by atoms with Crippen LogP contribution < -0.4 is 0 Å². The predicted octanol–water partition coefficient (Wildman–Crippen LogP) is 4.86. The largest absolute Gasteiger partial charge is 0.124 e. The molecule has 2 unspecified atom stereocenters. The van der Waals surface area contributed by atoms with Crippen molar-refractivity contribution in [1.29, 1.82) is 0 Å². The monoisotopic (exact) mass is 286 g/mol. The Kier molecular flexibility index (Phi) is 3.44. The van der Waals surface area contributed by atoms with Crippen LogP contribution in [0.5, 0.6) is 0 Å². The van der Waals surface area contributed by atoms with Gasteiger partial charge in [-0.3, -0.25) is 0 Å². The quantitative estimate of drug-likeness (QED) is 0.667. The third-order valence-electron chi connectivity index (χ3n) is 2.62. The average molecular weight is 287 g/mol. The summed E-state index contributed by atoms with van der Waals surface area (Å²) in [5, 5.41) is 1.49. The van der Waals surface area contributed by atoms with Crippen molar-refractivity contribution in [3.05, 3.63) is 12.1 Å². The molecule has 2 bridgehead atoms. The van der Waals surface area contributed by atoms with Crippen molar-refractivity contribution in [2.24, 2.45) is 0 Å². The van der Waals surface area contributed by atoms with Crippen LogP contribution in [-0.4, -0.2) is 22.0 Å². The lowest BCUT2D eigenvalue weighted by Gasteiger charge is -2.28. The summed E-state index contributed by atoms with van der Waals surface area (Å²) in [5.41, 5.74) is 0. The van der Waals surface area contributed by atoms with Gasteiger partial charge in [0, 0.05) is 41.6 Å². The van der Waals surface area contributed by atoms with E-state index in [-0.39, 0.29) is 0 Å². The second-order valence-electron chi connectivity index (χ2n) is 4.20. The zero-order chi connectivity index (χ0) is 11.1. The Hall–Kier alpha value is 0.620. The summed E-state index contributed by atoms with van der Waals surface area (Å²) in [6.07, 6.45) is 0. The van der Waals surface area contributed by atoms with E-state index in [0.29, 0.717) is 0 Å². The molecule has 0 N–H and O–H groups in total. The molecule has 0 saturated carbocycles. The first-order valence-electron chi connectivity index (χ1n) is 5.50. The Morgan fingerprint density at radius 1 is 0.875 bits per heavy atom. The van der Waals surface area contributed by atoms with Crippen LogP contribution in [0.3, 0.4) is 0 Å². The molecule has 0 saturated heterocycles. The standard InChI is InChI=1S/C12H14S4/c1-7-5-13-9-3-4-10(15-7)12-11(9)14-6-8(2)16-12/h3-4,7-8H,5-6H2,1-2H3. The van der Waals surface area contributed by atoms with E-state index in [1.165, 1.54) is 21.3 Å². The minimum atomic E-state index is 0.733. The highest BCUT2D eigenvalue weighted by Gasteiger charge is 2.25. The van der Waals surface area contributed by atoms with Crippen LogP contribution in [0.15, 0.2) is 31.7 Å². The fourth-order valence-electron chi connectivity index (χ4n) is 1.88. The first-order chi connectivity index (χ1) is 7.74. The Morgan fingerprint density at radius 3 is 2.44 bits per heavy atom. The van der Waals surface area contributed by atoms with Crippen molar-refractivity contribution < 1.29 is 0 Å². The second-order valence-corrected chi connectivity index (χ2v) is 9.22. The summed E-state index contributed by atoms with van der Waals surface area (Å²) in [6, 6.07) is 4.65. The number of rotatable bonds is 0. The molecule has 0 aliphatic carbocycles. The van der Waals surface area contributed by atoms with Crippen LogP contribution in [0.2, 0.25) is 0 Å². The molecule has 2 atom stereocenters. The maximum absolute atomic E-state index is 2.34. The minimum Gasteiger partial charge on any atom is -0.124 e. The predicted molar refractivity (Wildman–Crippen MR) is 78.5 cm³/mol. The van der Waals surface area contributed by atoms with E-state index in [2.05, 4.69) is 49.5 Å². The SMILES string of the molecule is CC1CSc2ccc(c3c2SCC(C)S3)S1. The Morgan fingerprint density at radius 2 is 1.56 bits per heavy atom. The zero-order valence-corrected chi connectivity index (χ0v) is 12.6. The molecule has 3 aliphatic rings. The van der Waals surface area contributed by atoms with Gasteiger partial charge in [0.05, 0.1) is 0 Å². The van der Waals surface area contributed by atoms with Crippen LogP contribution in [0, 0.1) is 0 Å². The lowest BCUT2D eigenvalue weighted by molar-refractivity contribution is 0.970. The topological polar surface area (TPSA) is 0 Å². The highest BCUT2D eigenvalue weighted by Crippen LogP contribution is 2.51. The summed E-state index contributed by atoms with van der Waals surface area (Å²) in [4.78, 5) is 6.14. The van der Waals surface area contributed by atoms with Gasteiger partial charge in [-0.2, -0.15) is 0 Å². The molecule has 0 aromatic heterocycles. The highest BCUT2D eigenvalue weighted by molar-refractivity contribution is 8.08. The Labute approximate surface area is 114 Å².